The molecule has 1 aromatic carbocycles. The largest absolute Gasteiger partial charge is 0.493 e. The van der Waals surface area contributed by atoms with Gasteiger partial charge in [0.25, 0.3) is 0 Å². The first-order chi connectivity index (χ1) is 11.7. The zero-order valence-corrected chi connectivity index (χ0v) is 14.3. The highest BCUT2D eigenvalue weighted by Crippen LogP contribution is 2.28. The molecule has 8 heteroatoms. The van der Waals surface area contributed by atoms with Crippen LogP contribution in [0, 0.1) is 6.92 Å². The van der Waals surface area contributed by atoms with Gasteiger partial charge in [-0.1, -0.05) is 0 Å². The number of carbonyl (C=O) groups is 1. The Kier molecular flexibility index (Phi) is 3.97. The summed E-state index contributed by atoms with van der Waals surface area (Å²) in [7, 11) is 0. The number of nitrogens with zero attached hydrogens (tertiary/aromatic N) is 4. The van der Waals surface area contributed by atoms with E-state index in [0.717, 1.165) is 54.1 Å². The van der Waals surface area contributed by atoms with Gasteiger partial charge in [-0.05, 0) is 30.7 Å². The number of fused-ring (bicyclic) bond motifs is 1. The summed E-state index contributed by atoms with van der Waals surface area (Å²) < 4.78 is 9.71. The third-order valence-electron chi connectivity index (χ3n) is 4.29. The lowest BCUT2D eigenvalue weighted by molar-refractivity contribution is 0.208. The van der Waals surface area contributed by atoms with Crippen molar-refractivity contribution in [2.24, 2.45) is 0 Å². The summed E-state index contributed by atoms with van der Waals surface area (Å²) in [6, 6.07) is 5.76. The smallest absolute Gasteiger partial charge is 0.321 e. The van der Waals surface area contributed by atoms with E-state index in [1.165, 1.54) is 11.5 Å². The van der Waals surface area contributed by atoms with Crippen LogP contribution in [-0.2, 0) is 6.42 Å². The van der Waals surface area contributed by atoms with Gasteiger partial charge in [-0.25, -0.2) is 9.78 Å². The summed E-state index contributed by atoms with van der Waals surface area (Å²) in [4.78, 5) is 20.9. The van der Waals surface area contributed by atoms with Crippen molar-refractivity contribution in [3.63, 3.8) is 0 Å². The Labute approximate surface area is 144 Å². The molecule has 0 radical (unpaired) electrons. The number of hydrogen-bond donors (Lipinski definition) is 1. The molecule has 1 fully saturated rings. The van der Waals surface area contributed by atoms with Crippen LogP contribution in [0.15, 0.2) is 18.2 Å². The number of rotatable bonds is 2. The van der Waals surface area contributed by atoms with Gasteiger partial charge in [0.15, 0.2) is 0 Å². The minimum Gasteiger partial charge on any atom is -0.493 e. The molecule has 24 heavy (non-hydrogen) atoms. The molecule has 0 unspecified atom stereocenters. The lowest BCUT2D eigenvalue weighted by Gasteiger charge is -2.34. The van der Waals surface area contributed by atoms with Crippen molar-refractivity contribution in [2.45, 2.75) is 13.3 Å². The van der Waals surface area contributed by atoms with Crippen LogP contribution in [0.3, 0.4) is 0 Å². The molecule has 0 atom stereocenters. The molecule has 4 rings (SSSR count). The third-order valence-corrected chi connectivity index (χ3v) is 5.16. The Morgan fingerprint density at radius 1 is 1.29 bits per heavy atom. The number of nitrogens with one attached hydrogen (secondary N) is 1. The van der Waals surface area contributed by atoms with E-state index in [-0.39, 0.29) is 6.03 Å². The molecule has 1 aromatic heterocycles. The molecule has 3 heterocycles. The van der Waals surface area contributed by atoms with Crippen LogP contribution >= 0.6 is 11.5 Å². The fraction of sp³-hybridized carbons (Fsp3) is 0.438. The number of ether oxygens (including phenoxy) is 1. The Morgan fingerprint density at radius 2 is 2.12 bits per heavy atom. The Morgan fingerprint density at radius 3 is 2.88 bits per heavy atom. The molecule has 2 amide bonds. The van der Waals surface area contributed by atoms with Gasteiger partial charge in [0.2, 0.25) is 5.13 Å². The van der Waals surface area contributed by atoms with Crippen molar-refractivity contribution in [2.75, 3.05) is 43.0 Å². The topological polar surface area (TPSA) is 70.6 Å². The molecule has 1 N–H and O–H groups in total. The predicted octanol–water partition coefficient (Wildman–Crippen LogP) is 2.14. The third kappa shape index (κ3) is 3.01. The molecule has 126 valence electrons. The van der Waals surface area contributed by atoms with E-state index in [9.17, 15) is 4.79 Å². The molecule has 2 aliphatic heterocycles. The van der Waals surface area contributed by atoms with Crippen molar-refractivity contribution in [1.82, 2.24) is 14.3 Å². The normalized spacial score (nSPS) is 16.7. The van der Waals surface area contributed by atoms with Crippen molar-refractivity contribution in [1.29, 1.82) is 0 Å². The van der Waals surface area contributed by atoms with Crippen molar-refractivity contribution in [3.05, 3.63) is 29.6 Å². The van der Waals surface area contributed by atoms with Crippen molar-refractivity contribution >= 4 is 28.4 Å². The number of carbonyl (C=O) groups excluding carboxylic acids is 1. The number of benzene rings is 1. The number of hydrogen-bond acceptors (Lipinski definition) is 6. The van der Waals surface area contributed by atoms with E-state index in [4.69, 9.17) is 4.74 Å². The predicted molar refractivity (Wildman–Crippen MR) is 93.1 cm³/mol. The lowest BCUT2D eigenvalue weighted by atomic mass is 10.1. The maximum Gasteiger partial charge on any atom is 0.321 e. The summed E-state index contributed by atoms with van der Waals surface area (Å²) >= 11 is 1.41. The maximum absolute atomic E-state index is 12.5. The van der Waals surface area contributed by atoms with Crippen LogP contribution in [0.25, 0.3) is 0 Å². The summed E-state index contributed by atoms with van der Waals surface area (Å²) in [5.74, 6) is 1.73. The molecular weight excluding hydrogens is 326 g/mol. The average molecular weight is 345 g/mol. The van der Waals surface area contributed by atoms with E-state index in [1.54, 1.807) is 0 Å². The highest BCUT2D eigenvalue weighted by Gasteiger charge is 2.23. The summed E-state index contributed by atoms with van der Waals surface area (Å²) in [5, 5.41) is 3.92. The number of anilines is 2. The van der Waals surface area contributed by atoms with E-state index < -0.39 is 0 Å². The van der Waals surface area contributed by atoms with Gasteiger partial charge in [-0.2, -0.15) is 4.37 Å². The summed E-state index contributed by atoms with van der Waals surface area (Å²) in [6.07, 6.45) is 0.902. The Bertz CT molecular complexity index is 755. The fourth-order valence-electron chi connectivity index (χ4n) is 2.98. The van der Waals surface area contributed by atoms with Gasteiger partial charge in [0, 0.05) is 49.8 Å². The van der Waals surface area contributed by atoms with Gasteiger partial charge >= 0.3 is 6.03 Å². The number of aromatic nitrogens is 2. The molecule has 7 nitrogen and oxygen atoms in total. The van der Waals surface area contributed by atoms with E-state index in [2.05, 4.69) is 19.6 Å². The first kappa shape index (κ1) is 15.2. The van der Waals surface area contributed by atoms with Gasteiger partial charge in [-0.15, -0.1) is 0 Å². The second-order valence-corrected chi connectivity index (χ2v) is 6.68. The average Bonchev–Trinajstić information content (AvgIpc) is 3.23. The quantitative estimate of drug-likeness (QED) is 0.903. The number of amides is 2. The van der Waals surface area contributed by atoms with E-state index in [0.29, 0.717) is 13.1 Å². The van der Waals surface area contributed by atoms with Gasteiger partial charge in [0.05, 0.1) is 6.61 Å². The van der Waals surface area contributed by atoms with E-state index in [1.807, 2.05) is 30.0 Å². The standard InChI is InChI=1S/C16H19N5O2S/c1-11-17-16(24-19-11)21-7-5-20(6-8-21)15(22)18-13-2-3-14-12(10-13)4-9-23-14/h2-3,10H,4-9H2,1H3,(H,18,22). The molecule has 0 saturated carbocycles. The van der Waals surface area contributed by atoms with E-state index >= 15 is 0 Å². The van der Waals surface area contributed by atoms with Crippen LogP contribution in [0.4, 0.5) is 15.6 Å². The fourth-order valence-corrected chi connectivity index (χ4v) is 3.71. The first-order valence-electron chi connectivity index (χ1n) is 8.06. The minimum absolute atomic E-state index is 0.0537. The first-order valence-corrected chi connectivity index (χ1v) is 8.83. The Hall–Kier alpha value is -2.35. The van der Waals surface area contributed by atoms with Gasteiger partial charge in [0.1, 0.15) is 11.6 Å². The van der Waals surface area contributed by atoms with Crippen molar-refractivity contribution in [3.8, 4) is 5.75 Å². The van der Waals surface area contributed by atoms with Crippen molar-refractivity contribution < 1.29 is 9.53 Å². The zero-order valence-electron chi connectivity index (χ0n) is 13.5. The van der Waals surface area contributed by atoms with Crippen LogP contribution in [0.1, 0.15) is 11.4 Å². The second kappa shape index (κ2) is 6.27. The number of urea groups is 1. The van der Waals surface area contributed by atoms with Gasteiger partial charge < -0.3 is 19.9 Å². The second-order valence-electron chi connectivity index (χ2n) is 5.95. The maximum atomic E-state index is 12.5. The molecule has 0 bridgehead atoms. The molecule has 0 spiro atoms. The van der Waals surface area contributed by atoms with Crippen LogP contribution < -0.4 is 15.0 Å². The molecule has 0 aliphatic carbocycles. The Balaban J connectivity index is 1.34. The zero-order chi connectivity index (χ0) is 16.5. The van der Waals surface area contributed by atoms with Crippen LogP contribution in [0.2, 0.25) is 0 Å². The molecule has 1 saturated heterocycles. The van der Waals surface area contributed by atoms with Crippen LogP contribution in [-0.4, -0.2) is 53.1 Å². The number of piperazine rings is 1. The van der Waals surface area contributed by atoms with Crippen LogP contribution in [0.5, 0.6) is 5.75 Å². The molecule has 2 aromatic rings. The highest BCUT2D eigenvalue weighted by atomic mass is 32.1. The monoisotopic (exact) mass is 345 g/mol. The highest BCUT2D eigenvalue weighted by molar-refractivity contribution is 7.09. The lowest BCUT2D eigenvalue weighted by Crippen LogP contribution is -2.50. The minimum atomic E-state index is -0.0537. The summed E-state index contributed by atoms with van der Waals surface area (Å²) in [5.41, 5.74) is 1.98. The number of aryl methyl sites for hydroxylation is 1. The summed E-state index contributed by atoms with van der Waals surface area (Å²) in [6.45, 7) is 5.53. The molecule has 2 aliphatic rings. The van der Waals surface area contributed by atoms with Gasteiger partial charge in [-0.3, -0.25) is 0 Å². The molecular formula is C16H19N5O2S. The SMILES string of the molecule is Cc1nsc(N2CCN(C(=O)Nc3ccc4c(c3)CCO4)CC2)n1.